The fourth-order valence-electron chi connectivity index (χ4n) is 3.56. The molecule has 1 fully saturated rings. The molecule has 0 spiro atoms. The SMILES string of the molecule is CC1CCC(NS(=O)(=O)c2ccc(N[C@@H](C)c3ccccn3)c([N+](=O)[O-])c2)CC1. The number of hydrogen-bond donors (Lipinski definition) is 2. The molecule has 1 aliphatic carbocycles. The largest absolute Gasteiger partial charge is 0.371 e. The van der Waals surface area contributed by atoms with Crippen LogP contribution in [0.15, 0.2) is 47.5 Å². The topological polar surface area (TPSA) is 114 Å². The van der Waals surface area contributed by atoms with Gasteiger partial charge in [-0.05, 0) is 62.8 Å². The van der Waals surface area contributed by atoms with Gasteiger partial charge in [0.2, 0.25) is 10.0 Å². The highest BCUT2D eigenvalue weighted by molar-refractivity contribution is 7.89. The summed E-state index contributed by atoms with van der Waals surface area (Å²) in [5.74, 6) is 0.600. The smallest absolute Gasteiger partial charge is 0.293 e. The van der Waals surface area contributed by atoms with Crippen molar-refractivity contribution in [2.24, 2.45) is 5.92 Å². The van der Waals surface area contributed by atoms with Gasteiger partial charge in [-0.1, -0.05) is 13.0 Å². The van der Waals surface area contributed by atoms with E-state index in [1.807, 2.05) is 19.1 Å². The van der Waals surface area contributed by atoms with Crippen LogP contribution in [0, 0.1) is 16.0 Å². The Bertz CT molecular complexity index is 958. The molecule has 1 aliphatic rings. The average Bonchev–Trinajstić information content (AvgIpc) is 2.70. The van der Waals surface area contributed by atoms with Crippen LogP contribution >= 0.6 is 0 Å². The van der Waals surface area contributed by atoms with E-state index in [0.29, 0.717) is 5.92 Å². The second-order valence-corrected chi connectivity index (χ2v) is 9.35. The molecule has 8 nitrogen and oxygen atoms in total. The second kappa shape index (κ2) is 8.87. The number of benzene rings is 1. The summed E-state index contributed by atoms with van der Waals surface area (Å²) in [6.07, 6.45) is 5.16. The van der Waals surface area contributed by atoms with Crippen molar-refractivity contribution >= 4 is 21.4 Å². The van der Waals surface area contributed by atoms with Crippen LogP contribution in [-0.4, -0.2) is 24.4 Å². The van der Waals surface area contributed by atoms with E-state index in [9.17, 15) is 18.5 Å². The number of aromatic nitrogens is 1. The summed E-state index contributed by atoms with van der Waals surface area (Å²) in [5, 5.41) is 14.6. The Kier molecular flexibility index (Phi) is 6.49. The van der Waals surface area contributed by atoms with Crippen LogP contribution in [0.4, 0.5) is 11.4 Å². The predicted molar refractivity (Wildman–Crippen MR) is 111 cm³/mol. The first-order chi connectivity index (χ1) is 13.8. The van der Waals surface area contributed by atoms with Crippen molar-refractivity contribution in [3.05, 3.63) is 58.4 Å². The van der Waals surface area contributed by atoms with Gasteiger partial charge in [-0.25, -0.2) is 13.1 Å². The molecule has 29 heavy (non-hydrogen) atoms. The molecule has 0 saturated heterocycles. The third kappa shape index (κ3) is 5.30. The lowest BCUT2D eigenvalue weighted by Crippen LogP contribution is -2.37. The lowest BCUT2D eigenvalue weighted by Gasteiger charge is -2.26. The van der Waals surface area contributed by atoms with Crippen molar-refractivity contribution in [1.29, 1.82) is 0 Å². The number of nitro benzene ring substituents is 1. The highest BCUT2D eigenvalue weighted by Gasteiger charge is 2.27. The van der Waals surface area contributed by atoms with Gasteiger partial charge in [0.15, 0.2) is 0 Å². The van der Waals surface area contributed by atoms with Crippen LogP contribution in [0.1, 0.15) is 51.3 Å². The molecule has 0 radical (unpaired) electrons. The Morgan fingerprint density at radius 3 is 2.52 bits per heavy atom. The van der Waals surface area contributed by atoms with E-state index in [0.717, 1.165) is 37.4 Å². The molecule has 1 saturated carbocycles. The van der Waals surface area contributed by atoms with Gasteiger partial charge in [0.25, 0.3) is 5.69 Å². The molecule has 156 valence electrons. The predicted octanol–water partition coefficient (Wildman–Crippen LogP) is 4.02. The minimum atomic E-state index is -3.83. The quantitative estimate of drug-likeness (QED) is 0.518. The standard InChI is InChI=1S/C20H26N4O4S/c1-14-6-8-16(9-7-14)23-29(27,28)17-10-11-19(20(13-17)24(25)26)22-15(2)18-5-3-4-12-21-18/h3-5,10-16,22-23H,6-9H2,1-2H3/t14?,15-,16?/m0/s1. The number of hydrogen-bond acceptors (Lipinski definition) is 6. The van der Waals surface area contributed by atoms with E-state index in [1.54, 1.807) is 12.3 Å². The maximum absolute atomic E-state index is 12.7. The molecule has 1 heterocycles. The summed E-state index contributed by atoms with van der Waals surface area (Å²) in [6.45, 7) is 3.99. The lowest BCUT2D eigenvalue weighted by molar-refractivity contribution is -0.384. The molecule has 1 aromatic heterocycles. The number of nitrogens with one attached hydrogen (secondary N) is 2. The molecule has 2 aromatic rings. The first-order valence-corrected chi connectivity index (χ1v) is 11.2. The first kappa shape index (κ1) is 21.2. The van der Waals surface area contributed by atoms with Crippen LogP contribution in [-0.2, 0) is 10.0 Å². The third-order valence-electron chi connectivity index (χ3n) is 5.32. The van der Waals surface area contributed by atoms with Gasteiger partial charge in [-0.2, -0.15) is 0 Å². The maximum atomic E-state index is 12.7. The van der Waals surface area contributed by atoms with Crippen LogP contribution in [0.25, 0.3) is 0 Å². The third-order valence-corrected chi connectivity index (χ3v) is 6.84. The lowest BCUT2D eigenvalue weighted by atomic mass is 9.88. The number of anilines is 1. The molecular weight excluding hydrogens is 392 g/mol. The summed E-state index contributed by atoms with van der Waals surface area (Å²) in [6, 6.07) is 8.99. The minimum Gasteiger partial charge on any atom is -0.371 e. The van der Waals surface area contributed by atoms with Crippen molar-refractivity contribution in [3.8, 4) is 0 Å². The number of pyridine rings is 1. The number of rotatable bonds is 7. The van der Waals surface area contributed by atoms with Crippen molar-refractivity contribution < 1.29 is 13.3 Å². The van der Waals surface area contributed by atoms with Gasteiger partial charge in [0, 0.05) is 18.3 Å². The highest BCUT2D eigenvalue weighted by atomic mass is 32.2. The van der Waals surface area contributed by atoms with Gasteiger partial charge in [0.1, 0.15) is 5.69 Å². The minimum absolute atomic E-state index is 0.0983. The van der Waals surface area contributed by atoms with Crippen molar-refractivity contribution in [2.75, 3.05) is 5.32 Å². The summed E-state index contributed by atoms with van der Waals surface area (Å²) < 4.78 is 28.2. The Balaban J connectivity index is 1.81. The van der Waals surface area contributed by atoms with E-state index in [-0.39, 0.29) is 28.4 Å². The second-order valence-electron chi connectivity index (χ2n) is 7.63. The molecule has 0 aliphatic heterocycles. The molecule has 1 atom stereocenters. The zero-order valence-corrected chi connectivity index (χ0v) is 17.4. The summed E-state index contributed by atoms with van der Waals surface area (Å²) in [4.78, 5) is 15.1. The summed E-state index contributed by atoms with van der Waals surface area (Å²) in [7, 11) is -3.83. The molecule has 3 rings (SSSR count). The van der Waals surface area contributed by atoms with Crippen molar-refractivity contribution in [1.82, 2.24) is 9.71 Å². The van der Waals surface area contributed by atoms with Crippen LogP contribution < -0.4 is 10.0 Å². The Morgan fingerprint density at radius 1 is 1.17 bits per heavy atom. The monoisotopic (exact) mass is 418 g/mol. The molecule has 0 bridgehead atoms. The zero-order chi connectivity index (χ0) is 21.0. The normalized spacial score (nSPS) is 20.8. The Labute approximate surface area is 171 Å². The Morgan fingerprint density at radius 2 is 1.90 bits per heavy atom. The van der Waals surface area contributed by atoms with E-state index >= 15 is 0 Å². The number of nitro groups is 1. The van der Waals surface area contributed by atoms with Gasteiger partial charge in [-0.15, -0.1) is 0 Å². The zero-order valence-electron chi connectivity index (χ0n) is 16.5. The maximum Gasteiger partial charge on any atom is 0.293 e. The summed E-state index contributed by atoms with van der Waals surface area (Å²) >= 11 is 0. The Hall–Kier alpha value is -2.52. The molecule has 0 amide bonds. The fourth-order valence-corrected chi connectivity index (χ4v) is 4.88. The van der Waals surface area contributed by atoms with Gasteiger partial charge in [0.05, 0.1) is 21.6 Å². The van der Waals surface area contributed by atoms with Gasteiger partial charge >= 0.3 is 0 Å². The van der Waals surface area contributed by atoms with Crippen molar-refractivity contribution in [2.45, 2.75) is 56.5 Å². The van der Waals surface area contributed by atoms with E-state index in [2.05, 4.69) is 21.9 Å². The van der Waals surface area contributed by atoms with Gasteiger partial charge in [-0.3, -0.25) is 15.1 Å². The first-order valence-electron chi connectivity index (χ1n) is 9.74. The number of sulfonamides is 1. The average molecular weight is 419 g/mol. The molecule has 9 heteroatoms. The number of nitrogens with zero attached hydrogens (tertiary/aromatic N) is 2. The van der Waals surface area contributed by atoms with E-state index < -0.39 is 14.9 Å². The van der Waals surface area contributed by atoms with Crippen molar-refractivity contribution in [3.63, 3.8) is 0 Å². The van der Waals surface area contributed by atoms with Crippen LogP contribution in [0.2, 0.25) is 0 Å². The van der Waals surface area contributed by atoms with Crippen LogP contribution in [0.3, 0.4) is 0 Å². The summed E-state index contributed by atoms with van der Waals surface area (Å²) in [5.41, 5.74) is 0.693. The fraction of sp³-hybridized carbons (Fsp3) is 0.450. The van der Waals surface area contributed by atoms with E-state index in [1.165, 1.54) is 12.1 Å². The molecule has 0 unspecified atom stereocenters. The molecular formula is C20H26N4O4S. The van der Waals surface area contributed by atoms with Gasteiger partial charge < -0.3 is 5.32 Å². The molecule has 1 aromatic carbocycles. The highest BCUT2D eigenvalue weighted by Crippen LogP contribution is 2.31. The molecule has 2 N–H and O–H groups in total. The van der Waals surface area contributed by atoms with Crippen LogP contribution in [0.5, 0.6) is 0 Å². The van der Waals surface area contributed by atoms with E-state index in [4.69, 9.17) is 0 Å².